The zero-order valence-electron chi connectivity index (χ0n) is 15.5. The van der Waals surface area contributed by atoms with Gasteiger partial charge >= 0.3 is 166 Å². The van der Waals surface area contributed by atoms with E-state index in [1.807, 2.05) is 6.07 Å². The number of benzene rings is 4. The SMILES string of the molecule is C1=CP(c2ccccc2)(c2ccccc2)(c2ccccc2)Oc2ccccc21. The summed E-state index contributed by atoms with van der Waals surface area (Å²) < 4.78 is 7.21. The normalized spacial score (nSPS) is 17.5. The van der Waals surface area contributed by atoms with Crippen LogP contribution >= 0.6 is 6.83 Å². The van der Waals surface area contributed by atoms with Crippen LogP contribution in [0.15, 0.2) is 121 Å². The third-order valence-corrected chi connectivity index (χ3v) is 10.8. The molecular formula is C26H21OP. The van der Waals surface area contributed by atoms with Crippen molar-refractivity contribution in [2.45, 2.75) is 0 Å². The molecule has 0 radical (unpaired) electrons. The summed E-state index contributed by atoms with van der Waals surface area (Å²) in [4.78, 5) is 0. The number of para-hydroxylation sites is 1. The van der Waals surface area contributed by atoms with E-state index in [0.29, 0.717) is 0 Å². The van der Waals surface area contributed by atoms with Gasteiger partial charge in [-0.15, -0.1) is 0 Å². The van der Waals surface area contributed by atoms with E-state index in [4.69, 9.17) is 4.52 Å². The minimum atomic E-state index is -3.31. The van der Waals surface area contributed by atoms with E-state index in [0.717, 1.165) is 11.3 Å². The fraction of sp³-hybridized carbons (Fsp3) is 0. The molecule has 0 saturated heterocycles. The predicted octanol–water partition coefficient (Wildman–Crippen LogP) is 5.49. The monoisotopic (exact) mass is 380 g/mol. The molecule has 4 aromatic carbocycles. The molecule has 1 aliphatic rings. The maximum atomic E-state index is 7.21. The molecule has 0 bridgehead atoms. The Kier molecular flexibility index (Phi) is 3.93. The zero-order chi connectivity index (χ0) is 18.9. The number of fused-ring (bicyclic) bond motifs is 1. The Morgan fingerprint density at radius 1 is 0.464 bits per heavy atom. The van der Waals surface area contributed by atoms with E-state index in [2.05, 4.69) is 121 Å². The topological polar surface area (TPSA) is 9.23 Å². The number of hydrogen-bond acceptors (Lipinski definition) is 1. The van der Waals surface area contributed by atoms with Gasteiger partial charge in [-0.1, -0.05) is 0 Å². The van der Waals surface area contributed by atoms with Gasteiger partial charge in [-0.2, -0.15) is 0 Å². The fourth-order valence-corrected chi connectivity index (χ4v) is 9.29. The first-order valence-electron chi connectivity index (χ1n) is 9.50. The summed E-state index contributed by atoms with van der Waals surface area (Å²) in [7, 11) is 0. The van der Waals surface area contributed by atoms with Crippen molar-refractivity contribution in [3.8, 4) is 5.75 Å². The summed E-state index contributed by atoms with van der Waals surface area (Å²) in [6.45, 7) is -3.31. The molecule has 0 saturated carbocycles. The molecule has 136 valence electrons. The first kappa shape index (κ1) is 17.0. The molecule has 4 aromatic rings. The molecule has 0 unspecified atom stereocenters. The van der Waals surface area contributed by atoms with E-state index >= 15 is 0 Å². The molecule has 0 fully saturated rings. The maximum absolute atomic E-state index is 7.21. The first-order chi connectivity index (χ1) is 13.8. The second-order valence-corrected chi connectivity index (χ2v) is 11.3. The van der Waals surface area contributed by atoms with E-state index in [1.165, 1.54) is 15.9 Å². The van der Waals surface area contributed by atoms with Gasteiger partial charge in [0.1, 0.15) is 0 Å². The summed E-state index contributed by atoms with van der Waals surface area (Å²) in [5.74, 6) is 3.27. The minimum absolute atomic E-state index is 0.930. The quantitative estimate of drug-likeness (QED) is 0.427. The van der Waals surface area contributed by atoms with Crippen molar-refractivity contribution in [3.05, 3.63) is 127 Å². The van der Waals surface area contributed by atoms with Crippen LogP contribution in [-0.4, -0.2) is 0 Å². The van der Waals surface area contributed by atoms with Crippen LogP contribution in [0.5, 0.6) is 5.75 Å². The van der Waals surface area contributed by atoms with E-state index in [9.17, 15) is 0 Å². The van der Waals surface area contributed by atoms with Gasteiger partial charge in [-0.3, -0.25) is 0 Å². The Balaban J connectivity index is 1.96. The Morgan fingerprint density at radius 3 is 1.39 bits per heavy atom. The van der Waals surface area contributed by atoms with Crippen molar-refractivity contribution in [3.63, 3.8) is 0 Å². The second-order valence-electron chi connectivity index (χ2n) is 7.05. The second kappa shape index (κ2) is 6.48. The molecule has 0 spiro atoms. The van der Waals surface area contributed by atoms with Crippen molar-refractivity contribution in [1.29, 1.82) is 0 Å². The summed E-state index contributed by atoms with van der Waals surface area (Å²) in [5, 5.41) is 3.62. The van der Waals surface area contributed by atoms with Crippen molar-refractivity contribution < 1.29 is 4.52 Å². The predicted molar refractivity (Wildman–Crippen MR) is 121 cm³/mol. The average Bonchev–Trinajstić information content (AvgIpc) is 2.80. The van der Waals surface area contributed by atoms with Gasteiger partial charge in [0.25, 0.3) is 0 Å². The molecule has 28 heavy (non-hydrogen) atoms. The molecule has 2 heteroatoms. The van der Waals surface area contributed by atoms with Gasteiger partial charge < -0.3 is 0 Å². The van der Waals surface area contributed by atoms with Crippen LogP contribution in [0.4, 0.5) is 0 Å². The summed E-state index contributed by atoms with van der Waals surface area (Å²) in [6.07, 6.45) is 2.24. The first-order valence-corrected chi connectivity index (χ1v) is 11.7. The molecule has 1 heterocycles. The molecule has 1 aliphatic heterocycles. The standard InChI is InChI=1S/C26H21OP/c1-4-13-23(14-5-1)28(24-15-6-2-7-16-24,25-17-8-3-9-18-25)21-20-22-12-10-11-19-26(22)27-28/h1-21H. The van der Waals surface area contributed by atoms with Crippen LogP contribution in [0.1, 0.15) is 5.56 Å². The van der Waals surface area contributed by atoms with Crippen LogP contribution in [0.25, 0.3) is 6.08 Å². The summed E-state index contributed by atoms with van der Waals surface area (Å²) in [5.41, 5.74) is 1.12. The Morgan fingerprint density at radius 2 is 0.893 bits per heavy atom. The Hall–Kier alpha value is -3.15. The summed E-state index contributed by atoms with van der Waals surface area (Å²) in [6, 6.07) is 40.3. The molecular weight excluding hydrogens is 359 g/mol. The molecule has 0 amide bonds. The molecule has 0 N–H and O–H groups in total. The van der Waals surface area contributed by atoms with E-state index in [-0.39, 0.29) is 0 Å². The molecule has 1 nitrogen and oxygen atoms in total. The van der Waals surface area contributed by atoms with Crippen LogP contribution in [-0.2, 0) is 0 Å². The van der Waals surface area contributed by atoms with Crippen molar-refractivity contribution in [2.24, 2.45) is 0 Å². The van der Waals surface area contributed by atoms with Crippen molar-refractivity contribution in [1.82, 2.24) is 0 Å². The van der Waals surface area contributed by atoms with E-state index in [1.54, 1.807) is 0 Å². The van der Waals surface area contributed by atoms with Crippen LogP contribution in [0, 0.1) is 0 Å². The van der Waals surface area contributed by atoms with Crippen molar-refractivity contribution >= 4 is 28.8 Å². The van der Waals surface area contributed by atoms with Gasteiger partial charge in [-0.25, -0.2) is 0 Å². The third-order valence-electron chi connectivity index (χ3n) is 5.55. The third kappa shape index (κ3) is 2.30. The van der Waals surface area contributed by atoms with Gasteiger partial charge in [-0.05, 0) is 0 Å². The molecule has 5 rings (SSSR count). The van der Waals surface area contributed by atoms with Gasteiger partial charge in [0, 0.05) is 0 Å². The van der Waals surface area contributed by atoms with Gasteiger partial charge in [0.05, 0.1) is 0 Å². The Labute approximate surface area is 166 Å². The average molecular weight is 380 g/mol. The van der Waals surface area contributed by atoms with E-state index < -0.39 is 6.83 Å². The molecule has 0 aromatic heterocycles. The van der Waals surface area contributed by atoms with Crippen LogP contribution in [0.3, 0.4) is 0 Å². The number of rotatable bonds is 3. The van der Waals surface area contributed by atoms with Gasteiger partial charge in [0.2, 0.25) is 0 Å². The zero-order valence-corrected chi connectivity index (χ0v) is 16.4. The fourth-order valence-electron chi connectivity index (χ4n) is 4.19. The number of hydrogen-bond donors (Lipinski definition) is 0. The Bertz CT molecular complexity index is 1040. The van der Waals surface area contributed by atoms with Crippen molar-refractivity contribution in [2.75, 3.05) is 0 Å². The molecule has 0 aliphatic carbocycles. The van der Waals surface area contributed by atoms with Crippen LogP contribution < -0.4 is 20.4 Å². The van der Waals surface area contributed by atoms with Crippen LogP contribution in [0.2, 0.25) is 0 Å². The van der Waals surface area contributed by atoms with Gasteiger partial charge in [0.15, 0.2) is 0 Å². The molecule has 0 atom stereocenters. The summed E-state index contributed by atoms with van der Waals surface area (Å²) >= 11 is 0.